The van der Waals surface area contributed by atoms with Gasteiger partial charge in [0.1, 0.15) is 11.8 Å². The smallest absolute Gasteiger partial charge is 0.273 e. The SMILES string of the molecule is Cc1ccc(C(=O)N2NC(c3ccc(Cl)cc3)=C[C@H]2c2ccco2)cc1. The summed E-state index contributed by atoms with van der Waals surface area (Å²) in [6, 6.07) is 18.4. The molecule has 4 rings (SSSR count). The molecule has 0 bridgehead atoms. The molecule has 0 spiro atoms. The second-order valence-corrected chi connectivity index (χ2v) is 6.64. The topological polar surface area (TPSA) is 45.5 Å². The maximum atomic E-state index is 13.1. The maximum Gasteiger partial charge on any atom is 0.273 e. The monoisotopic (exact) mass is 364 g/mol. The van der Waals surface area contributed by atoms with Crippen LogP contribution in [0.3, 0.4) is 0 Å². The average Bonchev–Trinajstić information content (AvgIpc) is 3.32. The molecule has 0 radical (unpaired) electrons. The standard InChI is InChI=1S/C21H17ClN2O2/c1-14-4-6-16(7-5-14)21(25)24-19(20-3-2-12-26-20)13-18(23-24)15-8-10-17(22)11-9-15/h2-13,19,23H,1H3/t19-/m0/s1. The molecule has 0 unspecified atom stereocenters. The first-order valence-corrected chi connectivity index (χ1v) is 8.68. The van der Waals surface area contributed by atoms with E-state index in [0.717, 1.165) is 16.8 Å². The molecule has 1 aromatic heterocycles. The van der Waals surface area contributed by atoms with E-state index in [9.17, 15) is 4.79 Å². The van der Waals surface area contributed by atoms with Crippen LogP contribution in [0.25, 0.3) is 5.70 Å². The summed E-state index contributed by atoms with van der Waals surface area (Å²) >= 11 is 5.98. The molecule has 2 aromatic carbocycles. The predicted octanol–water partition coefficient (Wildman–Crippen LogP) is 4.98. The molecule has 5 heteroatoms. The Labute approximate surface area is 156 Å². The number of benzene rings is 2. The van der Waals surface area contributed by atoms with Gasteiger partial charge < -0.3 is 4.42 Å². The Hall–Kier alpha value is -2.98. The molecule has 0 saturated carbocycles. The molecule has 0 aliphatic carbocycles. The van der Waals surface area contributed by atoms with Crippen LogP contribution in [0.4, 0.5) is 0 Å². The van der Waals surface area contributed by atoms with E-state index in [1.807, 2.05) is 73.7 Å². The number of carbonyl (C=O) groups excluding carboxylic acids is 1. The molecular weight excluding hydrogens is 348 g/mol. The molecule has 130 valence electrons. The van der Waals surface area contributed by atoms with E-state index in [1.54, 1.807) is 11.3 Å². The van der Waals surface area contributed by atoms with Crippen molar-refractivity contribution in [1.82, 2.24) is 10.4 Å². The van der Waals surface area contributed by atoms with Crippen LogP contribution < -0.4 is 5.43 Å². The lowest BCUT2D eigenvalue weighted by atomic mass is 10.1. The lowest BCUT2D eigenvalue weighted by molar-refractivity contribution is 0.0655. The van der Waals surface area contributed by atoms with Crippen molar-refractivity contribution in [3.63, 3.8) is 0 Å². The number of nitrogens with zero attached hydrogens (tertiary/aromatic N) is 1. The number of hydrogen-bond acceptors (Lipinski definition) is 3. The van der Waals surface area contributed by atoms with Crippen molar-refractivity contribution in [2.75, 3.05) is 0 Å². The van der Waals surface area contributed by atoms with Crippen molar-refractivity contribution in [3.8, 4) is 0 Å². The Morgan fingerprint density at radius 3 is 2.46 bits per heavy atom. The third-order valence-corrected chi connectivity index (χ3v) is 4.60. The lowest BCUT2D eigenvalue weighted by Gasteiger charge is -2.24. The van der Waals surface area contributed by atoms with E-state index >= 15 is 0 Å². The quantitative estimate of drug-likeness (QED) is 0.712. The molecule has 1 amide bonds. The van der Waals surface area contributed by atoms with Gasteiger partial charge in [-0.1, -0.05) is 41.4 Å². The number of hydrazine groups is 1. The van der Waals surface area contributed by atoms with Crippen LogP contribution in [-0.4, -0.2) is 10.9 Å². The summed E-state index contributed by atoms with van der Waals surface area (Å²) < 4.78 is 5.56. The highest BCUT2D eigenvalue weighted by Crippen LogP contribution is 2.33. The van der Waals surface area contributed by atoms with Gasteiger partial charge >= 0.3 is 0 Å². The number of furan rings is 1. The number of carbonyl (C=O) groups is 1. The average molecular weight is 365 g/mol. The minimum Gasteiger partial charge on any atom is -0.467 e. The van der Waals surface area contributed by atoms with Gasteiger partial charge in [0.15, 0.2) is 0 Å². The van der Waals surface area contributed by atoms with Gasteiger partial charge in [-0.15, -0.1) is 0 Å². The zero-order valence-corrected chi connectivity index (χ0v) is 14.9. The highest BCUT2D eigenvalue weighted by atomic mass is 35.5. The molecule has 0 fully saturated rings. The van der Waals surface area contributed by atoms with Crippen molar-refractivity contribution < 1.29 is 9.21 Å². The minimum atomic E-state index is -0.329. The second kappa shape index (κ2) is 6.73. The van der Waals surface area contributed by atoms with Crippen LogP contribution in [0, 0.1) is 6.92 Å². The zero-order chi connectivity index (χ0) is 18.1. The van der Waals surface area contributed by atoms with Gasteiger partial charge in [0, 0.05) is 10.6 Å². The molecule has 2 heterocycles. The molecule has 1 N–H and O–H groups in total. The summed E-state index contributed by atoms with van der Waals surface area (Å²) in [7, 11) is 0. The summed E-state index contributed by atoms with van der Waals surface area (Å²) in [5.74, 6) is 0.577. The fraction of sp³-hybridized carbons (Fsp3) is 0.0952. The highest BCUT2D eigenvalue weighted by molar-refractivity contribution is 6.30. The number of rotatable bonds is 3. The zero-order valence-electron chi connectivity index (χ0n) is 14.1. The number of amides is 1. The maximum absolute atomic E-state index is 13.1. The van der Waals surface area contributed by atoms with Crippen LogP contribution in [0.2, 0.25) is 5.02 Å². The first kappa shape index (κ1) is 16.5. The van der Waals surface area contributed by atoms with E-state index < -0.39 is 0 Å². The molecule has 0 saturated heterocycles. The van der Waals surface area contributed by atoms with Crippen LogP contribution >= 0.6 is 11.6 Å². The summed E-state index contributed by atoms with van der Waals surface area (Å²) in [5, 5.41) is 2.26. The minimum absolute atomic E-state index is 0.119. The van der Waals surface area contributed by atoms with E-state index in [4.69, 9.17) is 16.0 Å². The van der Waals surface area contributed by atoms with Crippen molar-refractivity contribution in [2.45, 2.75) is 13.0 Å². The van der Waals surface area contributed by atoms with E-state index in [-0.39, 0.29) is 11.9 Å². The third-order valence-electron chi connectivity index (χ3n) is 4.35. The van der Waals surface area contributed by atoms with Gasteiger partial charge in [-0.05, 0) is 55.0 Å². The second-order valence-electron chi connectivity index (χ2n) is 6.20. The summed E-state index contributed by atoms with van der Waals surface area (Å²) in [6.45, 7) is 1.99. The van der Waals surface area contributed by atoms with Gasteiger partial charge in [0.2, 0.25) is 0 Å². The Morgan fingerprint density at radius 1 is 1.08 bits per heavy atom. The highest BCUT2D eigenvalue weighted by Gasteiger charge is 2.33. The van der Waals surface area contributed by atoms with E-state index in [0.29, 0.717) is 16.3 Å². The predicted molar refractivity (Wildman–Crippen MR) is 101 cm³/mol. The van der Waals surface area contributed by atoms with Gasteiger partial charge in [-0.25, -0.2) is 5.01 Å². The Balaban J connectivity index is 1.68. The Kier molecular flexibility index (Phi) is 4.27. The van der Waals surface area contributed by atoms with Gasteiger partial charge in [-0.2, -0.15) is 0 Å². The lowest BCUT2D eigenvalue weighted by Crippen LogP contribution is -2.39. The van der Waals surface area contributed by atoms with Crippen molar-refractivity contribution in [2.24, 2.45) is 0 Å². The number of halogens is 1. The van der Waals surface area contributed by atoms with Crippen LogP contribution in [0.15, 0.2) is 77.4 Å². The molecular formula is C21H17ClN2O2. The largest absolute Gasteiger partial charge is 0.467 e. The molecule has 4 nitrogen and oxygen atoms in total. The van der Waals surface area contributed by atoms with Gasteiger partial charge in [-0.3, -0.25) is 10.2 Å². The van der Waals surface area contributed by atoms with E-state index in [1.165, 1.54) is 0 Å². The van der Waals surface area contributed by atoms with Gasteiger partial charge in [0.05, 0.1) is 12.0 Å². The number of hydrogen-bond donors (Lipinski definition) is 1. The molecule has 1 aliphatic heterocycles. The third kappa shape index (κ3) is 3.11. The van der Waals surface area contributed by atoms with Crippen molar-refractivity contribution >= 4 is 23.2 Å². The first-order chi connectivity index (χ1) is 12.6. The van der Waals surface area contributed by atoms with Crippen LogP contribution in [0.1, 0.15) is 33.3 Å². The summed E-state index contributed by atoms with van der Waals surface area (Å²) in [5.41, 5.74) is 6.73. The Bertz CT molecular complexity index is 945. The summed E-state index contributed by atoms with van der Waals surface area (Å²) in [4.78, 5) is 13.1. The fourth-order valence-corrected chi connectivity index (χ4v) is 3.07. The molecule has 3 aromatic rings. The number of aryl methyl sites for hydroxylation is 1. The van der Waals surface area contributed by atoms with E-state index in [2.05, 4.69) is 5.43 Å². The van der Waals surface area contributed by atoms with Crippen molar-refractivity contribution in [3.05, 3.63) is 100 Å². The number of nitrogens with one attached hydrogen (secondary N) is 1. The van der Waals surface area contributed by atoms with Crippen molar-refractivity contribution in [1.29, 1.82) is 0 Å². The van der Waals surface area contributed by atoms with Gasteiger partial charge in [0.25, 0.3) is 5.91 Å². The molecule has 1 aliphatic rings. The molecule has 1 atom stereocenters. The van der Waals surface area contributed by atoms with Crippen LogP contribution in [-0.2, 0) is 0 Å². The Morgan fingerprint density at radius 2 is 1.81 bits per heavy atom. The molecule has 26 heavy (non-hydrogen) atoms. The normalized spacial score (nSPS) is 16.3. The first-order valence-electron chi connectivity index (χ1n) is 8.30. The van der Waals surface area contributed by atoms with Crippen LogP contribution in [0.5, 0.6) is 0 Å². The summed E-state index contributed by atoms with van der Waals surface area (Å²) in [6.07, 6.45) is 3.59. The fourth-order valence-electron chi connectivity index (χ4n) is 2.94.